The van der Waals surface area contributed by atoms with Crippen LogP contribution >= 0.6 is 0 Å². The Balaban J connectivity index is 1.78. The molecular weight excluding hydrogens is 316 g/mol. The van der Waals surface area contributed by atoms with E-state index in [9.17, 15) is 13.2 Å². The van der Waals surface area contributed by atoms with Crippen LogP contribution in [0.25, 0.3) is 0 Å². The molecule has 1 aromatic heterocycles. The van der Waals surface area contributed by atoms with Gasteiger partial charge < -0.3 is 9.73 Å². The summed E-state index contributed by atoms with van der Waals surface area (Å²) in [6, 6.07) is 7.23. The van der Waals surface area contributed by atoms with Crippen molar-refractivity contribution in [2.24, 2.45) is 0 Å². The number of hydrogen-bond acceptors (Lipinski definition) is 4. The Kier molecular flexibility index (Phi) is 3.99. The van der Waals surface area contributed by atoms with Crippen molar-refractivity contribution < 1.29 is 17.6 Å². The molecular formula is C16H18N2O4S. The minimum Gasteiger partial charge on any atom is -0.451 e. The van der Waals surface area contributed by atoms with E-state index in [4.69, 9.17) is 4.42 Å². The summed E-state index contributed by atoms with van der Waals surface area (Å²) in [5, 5.41) is 2.68. The summed E-state index contributed by atoms with van der Waals surface area (Å²) in [5.41, 5.74) is 3.83. The van der Waals surface area contributed by atoms with Gasteiger partial charge in [0.2, 0.25) is 5.09 Å². The molecule has 0 saturated carbocycles. The Labute approximate surface area is 134 Å². The summed E-state index contributed by atoms with van der Waals surface area (Å²) in [5.74, 6) is -0.342. The fourth-order valence-corrected chi connectivity index (χ4v) is 3.56. The summed E-state index contributed by atoms with van der Waals surface area (Å²) in [7, 11) is -2.40. The SMILES string of the molecule is CNS(=O)(=O)c1cc(C(=O)N[C@H]2CCc3c(C)cccc32)co1. The molecule has 2 N–H and O–H groups in total. The van der Waals surface area contributed by atoms with Crippen molar-refractivity contribution in [1.82, 2.24) is 10.0 Å². The molecule has 1 atom stereocenters. The van der Waals surface area contributed by atoms with E-state index in [-0.39, 0.29) is 22.6 Å². The van der Waals surface area contributed by atoms with Gasteiger partial charge in [0.15, 0.2) is 0 Å². The average Bonchev–Trinajstić information content (AvgIpc) is 3.16. The van der Waals surface area contributed by atoms with Crippen molar-refractivity contribution >= 4 is 15.9 Å². The smallest absolute Gasteiger partial charge is 0.273 e. The Morgan fingerprint density at radius 3 is 2.87 bits per heavy atom. The van der Waals surface area contributed by atoms with Gasteiger partial charge in [0.1, 0.15) is 6.26 Å². The van der Waals surface area contributed by atoms with Gasteiger partial charge in [-0.3, -0.25) is 4.79 Å². The van der Waals surface area contributed by atoms with Crippen LogP contribution in [0.15, 0.2) is 40.0 Å². The number of carbonyl (C=O) groups excluding carboxylic acids is 1. The van der Waals surface area contributed by atoms with Gasteiger partial charge >= 0.3 is 0 Å². The lowest BCUT2D eigenvalue weighted by atomic mass is 10.0. The molecule has 0 aliphatic heterocycles. The second kappa shape index (κ2) is 5.82. The number of fused-ring (bicyclic) bond motifs is 1. The Hall–Kier alpha value is -2.12. The Morgan fingerprint density at radius 1 is 1.35 bits per heavy atom. The third-order valence-corrected chi connectivity index (χ3v) is 5.46. The van der Waals surface area contributed by atoms with Crippen LogP contribution in [0, 0.1) is 6.92 Å². The molecule has 0 spiro atoms. The molecule has 122 valence electrons. The van der Waals surface area contributed by atoms with E-state index in [1.807, 2.05) is 12.1 Å². The predicted molar refractivity (Wildman–Crippen MR) is 84.7 cm³/mol. The minimum absolute atomic E-state index is 0.0587. The monoisotopic (exact) mass is 334 g/mol. The molecule has 1 aliphatic rings. The van der Waals surface area contributed by atoms with Gasteiger partial charge in [0.05, 0.1) is 11.6 Å². The number of amides is 1. The molecule has 0 unspecified atom stereocenters. The van der Waals surface area contributed by atoms with E-state index >= 15 is 0 Å². The first-order chi connectivity index (χ1) is 10.9. The first-order valence-corrected chi connectivity index (χ1v) is 8.82. The second-order valence-corrected chi connectivity index (χ2v) is 7.39. The van der Waals surface area contributed by atoms with E-state index in [0.29, 0.717) is 0 Å². The summed E-state index contributed by atoms with van der Waals surface area (Å²) in [6.07, 6.45) is 2.93. The second-order valence-electron chi connectivity index (χ2n) is 5.57. The van der Waals surface area contributed by atoms with Gasteiger partial charge in [0.25, 0.3) is 15.9 Å². The predicted octanol–water partition coefficient (Wildman–Crippen LogP) is 1.91. The van der Waals surface area contributed by atoms with Crippen LogP contribution in [0.5, 0.6) is 0 Å². The molecule has 23 heavy (non-hydrogen) atoms. The van der Waals surface area contributed by atoms with Crippen LogP contribution in [0.2, 0.25) is 0 Å². The van der Waals surface area contributed by atoms with E-state index in [1.54, 1.807) is 0 Å². The quantitative estimate of drug-likeness (QED) is 0.894. The maximum absolute atomic E-state index is 12.3. The molecule has 1 aromatic carbocycles. The van der Waals surface area contributed by atoms with Gasteiger partial charge in [-0.05, 0) is 43.5 Å². The molecule has 3 rings (SSSR count). The highest BCUT2D eigenvalue weighted by Crippen LogP contribution is 2.33. The van der Waals surface area contributed by atoms with Gasteiger partial charge in [-0.15, -0.1) is 0 Å². The van der Waals surface area contributed by atoms with E-state index in [0.717, 1.165) is 24.7 Å². The molecule has 0 fully saturated rings. The third kappa shape index (κ3) is 2.89. The molecule has 1 amide bonds. The van der Waals surface area contributed by atoms with Crippen LogP contribution in [-0.4, -0.2) is 21.4 Å². The number of benzene rings is 1. The van der Waals surface area contributed by atoms with Crippen molar-refractivity contribution in [1.29, 1.82) is 0 Å². The lowest BCUT2D eigenvalue weighted by molar-refractivity contribution is 0.0936. The fourth-order valence-electron chi connectivity index (χ4n) is 2.91. The van der Waals surface area contributed by atoms with Gasteiger partial charge in [0, 0.05) is 6.07 Å². The zero-order chi connectivity index (χ0) is 16.6. The Bertz CT molecular complexity index is 855. The zero-order valence-corrected chi connectivity index (χ0v) is 13.7. The van der Waals surface area contributed by atoms with Gasteiger partial charge in [-0.25, -0.2) is 13.1 Å². The van der Waals surface area contributed by atoms with Crippen molar-refractivity contribution in [2.45, 2.75) is 30.9 Å². The summed E-state index contributed by atoms with van der Waals surface area (Å²) >= 11 is 0. The highest BCUT2D eigenvalue weighted by Gasteiger charge is 2.26. The summed E-state index contributed by atoms with van der Waals surface area (Å²) < 4.78 is 30.4. The number of carbonyl (C=O) groups is 1. The average molecular weight is 334 g/mol. The van der Waals surface area contributed by atoms with Gasteiger partial charge in [-0.2, -0.15) is 0 Å². The van der Waals surface area contributed by atoms with Crippen molar-refractivity contribution in [3.05, 3.63) is 52.8 Å². The van der Waals surface area contributed by atoms with Crippen LogP contribution in [-0.2, 0) is 16.4 Å². The largest absolute Gasteiger partial charge is 0.451 e. The number of sulfonamides is 1. The topological polar surface area (TPSA) is 88.4 Å². The number of hydrogen-bond donors (Lipinski definition) is 2. The molecule has 1 aliphatic carbocycles. The van der Waals surface area contributed by atoms with Gasteiger partial charge in [-0.1, -0.05) is 18.2 Å². The normalized spacial score (nSPS) is 17.0. The maximum atomic E-state index is 12.3. The van der Waals surface area contributed by atoms with E-state index < -0.39 is 10.0 Å². The molecule has 0 bridgehead atoms. The van der Waals surface area contributed by atoms with Crippen molar-refractivity contribution in [3.8, 4) is 0 Å². The third-order valence-electron chi connectivity index (χ3n) is 4.18. The molecule has 7 heteroatoms. The first-order valence-electron chi connectivity index (χ1n) is 7.33. The zero-order valence-electron chi connectivity index (χ0n) is 12.9. The highest BCUT2D eigenvalue weighted by atomic mass is 32.2. The highest BCUT2D eigenvalue weighted by molar-refractivity contribution is 7.89. The molecule has 1 heterocycles. The van der Waals surface area contributed by atoms with Crippen LogP contribution < -0.4 is 10.0 Å². The van der Waals surface area contributed by atoms with Crippen molar-refractivity contribution in [2.75, 3.05) is 7.05 Å². The lowest BCUT2D eigenvalue weighted by Gasteiger charge is -2.13. The molecule has 0 saturated heterocycles. The van der Waals surface area contributed by atoms with Crippen molar-refractivity contribution in [3.63, 3.8) is 0 Å². The molecule has 2 aromatic rings. The Morgan fingerprint density at radius 2 is 2.13 bits per heavy atom. The summed E-state index contributed by atoms with van der Waals surface area (Å²) in [6.45, 7) is 2.06. The fraction of sp³-hybridized carbons (Fsp3) is 0.312. The number of aryl methyl sites for hydroxylation is 1. The van der Waals surface area contributed by atoms with Crippen LogP contribution in [0.1, 0.15) is 39.5 Å². The number of furan rings is 1. The van der Waals surface area contributed by atoms with Crippen LogP contribution in [0.3, 0.4) is 0 Å². The molecule has 0 radical (unpaired) electrons. The standard InChI is InChI=1S/C16H18N2O4S/c1-10-4-3-5-13-12(10)6-7-14(13)18-16(19)11-8-15(22-9-11)23(20,21)17-2/h3-5,8-9,14,17H,6-7H2,1-2H3,(H,18,19)/t14-/m0/s1. The first kappa shape index (κ1) is 15.8. The summed E-state index contributed by atoms with van der Waals surface area (Å²) in [4.78, 5) is 12.3. The number of rotatable bonds is 4. The van der Waals surface area contributed by atoms with E-state index in [2.05, 4.69) is 23.0 Å². The lowest BCUT2D eigenvalue weighted by Crippen LogP contribution is -2.26. The molecule has 6 nitrogen and oxygen atoms in total. The number of nitrogens with one attached hydrogen (secondary N) is 2. The van der Waals surface area contributed by atoms with Crippen LogP contribution in [0.4, 0.5) is 0 Å². The maximum Gasteiger partial charge on any atom is 0.273 e. The minimum atomic E-state index is -3.69. The van der Waals surface area contributed by atoms with E-state index in [1.165, 1.54) is 24.2 Å².